The highest BCUT2D eigenvalue weighted by Crippen LogP contribution is 2.39. The molecule has 2 aromatic rings. The van der Waals surface area contributed by atoms with Gasteiger partial charge < -0.3 is 14.8 Å². The van der Waals surface area contributed by atoms with Crippen molar-refractivity contribution >= 4 is 11.6 Å². The Bertz CT molecular complexity index is 728. The SMILES string of the molecule is O=C1COc2c(cccc2-c2cccc(OC(F)(F)F)c2)N1. The van der Waals surface area contributed by atoms with Crippen LogP contribution >= 0.6 is 0 Å². The van der Waals surface area contributed by atoms with E-state index in [4.69, 9.17) is 4.74 Å². The summed E-state index contributed by atoms with van der Waals surface area (Å²) in [5.41, 5.74) is 1.55. The van der Waals surface area contributed by atoms with Gasteiger partial charge >= 0.3 is 6.36 Å². The van der Waals surface area contributed by atoms with Crippen molar-refractivity contribution in [1.29, 1.82) is 0 Å². The van der Waals surface area contributed by atoms with Gasteiger partial charge in [-0.3, -0.25) is 4.79 Å². The number of amides is 1. The lowest BCUT2D eigenvalue weighted by atomic mass is 10.0. The van der Waals surface area contributed by atoms with Gasteiger partial charge in [0.2, 0.25) is 0 Å². The van der Waals surface area contributed by atoms with Crippen molar-refractivity contribution in [2.24, 2.45) is 0 Å². The van der Waals surface area contributed by atoms with E-state index in [2.05, 4.69) is 10.1 Å². The number of carbonyl (C=O) groups excluding carboxylic acids is 1. The van der Waals surface area contributed by atoms with E-state index in [1.807, 2.05) is 0 Å². The molecule has 0 aliphatic carbocycles. The number of anilines is 1. The fourth-order valence-corrected chi connectivity index (χ4v) is 2.20. The van der Waals surface area contributed by atoms with Crippen LogP contribution in [0.25, 0.3) is 11.1 Å². The summed E-state index contributed by atoms with van der Waals surface area (Å²) in [6.07, 6.45) is -4.75. The summed E-state index contributed by atoms with van der Waals surface area (Å²) < 4.78 is 46.2. The number of alkyl halides is 3. The Morgan fingerprint density at radius 1 is 1.14 bits per heavy atom. The van der Waals surface area contributed by atoms with Crippen LogP contribution in [-0.2, 0) is 4.79 Å². The zero-order valence-corrected chi connectivity index (χ0v) is 11.1. The molecule has 1 amide bonds. The molecule has 0 saturated heterocycles. The van der Waals surface area contributed by atoms with E-state index < -0.39 is 6.36 Å². The zero-order valence-electron chi connectivity index (χ0n) is 11.1. The monoisotopic (exact) mass is 309 g/mol. The standard InChI is InChI=1S/C15H10F3NO3/c16-15(17,18)22-10-4-1-3-9(7-10)11-5-2-6-12-14(11)21-8-13(20)19-12/h1-7H,8H2,(H,19,20). The van der Waals surface area contributed by atoms with Crippen LogP contribution in [0.1, 0.15) is 0 Å². The first-order valence-electron chi connectivity index (χ1n) is 6.34. The predicted octanol–water partition coefficient (Wildman–Crippen LogP) is 3.58. The van der Waals surface area contributed by atoms with Gasteiger partial charge in [0, 0.05) is 5.56 Å². The number of fused-ring (bicyclic) bond motifs is 1. The minimum Gasteiger partial charge on any atom is -0.481 e. The molecule has 0 saturated carbocycles. The smallest absolute Gasteiger partial charge is 0.481 e. The number of ether oxygens (including phenoxy) is 2. The molecule has 0 atom stereocenters. The molecule has 0 unspecified atom stereocenters. The van der Waals surface area contributed by atoms with Crippen molar-refractivity contribution in [3.05, 3.63) is 42.5 Å². The summed E-state index contributed by atoms with van der Waals surface area (Å²) >= 11 is 0. The highest BCUT2D eigenvalue weighted by molar-refractivity contribution is 5.97. The lowest BCUT2D eigenvalue weighted by Gasteiger charge is -2.21. The Kier molecular flexibility index (Phi) is 3.40. The van der Waals surface area contributed by atoms with E-state index in [0.717, 1.165) is 0 Å². The number of halogens is 3. The molecule has 0 aromatic heterocycles. The molecular formula is C15H10F3NO3. The Morgan fingerprint density at radius 2 is 1.91 bits per heavy atom. The number of benzene rings is 2. The van der Waals surface area contributed by atoms with Gasteiger partial charge in [-0.15, -0.1) is 13.2 Å². The van der Waals surface area contributed by atoms with Crippen molar-refractivity contribution in [3.8, 4) is 22.6 Å². The van der Waals surface area contributed by atoms with Gasteiger partial charge in [-0.1, -0.05) is 24.3 Å². The molecule has 2 aromatic carbocycles. The van der Waals surface area contributed by atoms with Gasteiger partial charge in [0.05, 0.1) is 5.69 Å². The molecule has 1 aliphatic rings. The minimum absolute atomic E-state index is 0.136. The van der Waals surface area contributed by atoms with Gasteiger partial charge in [0.1, 0.15) is 5.75 Å². The molecule has 22 heavy (non-hydrogen) atoms. The van der Waals surface area contributed by atoms with E-state index in [1.54, 1.807) is 24.3 Å². The van der Waals surface area contributed by atoms with Crippen LogP contribution in [0.3, 0.4) is 0 Å². The number of hydrogen-bond donors (Lipinski definition) is 1. The predicted molar refractivity (Wildman–Crippen MR) is 72.7 cm³/mol. The number of nitrogens with one attached hydrogen (secondary N) is 1. The van der Waals surface area contributed by atoms with Crippen LogP contribution in [0.4, 0.5) is 18.9 Å². The Morgan fingerprint density at radius 3 is 2.68 bits per heavy atom. The van der Waals surface area contributed by atoms with Crippen molar-refractivity contribution < 1.29 is 27.4 Å². The van der Waals surface area contributed by atoms with Crippen LogP contribution in [-0.4, -0.2) is 18.9 Å². The van der Waals surface area contributed by atoms with Crippen molar-refractivity contribution in [2.75, 3.05) is 11.9 Å². The summed E-state index contributed by atoms with van der Waals surface area (Å²) in [5.74, 6) is -0.174. The second-order valence-electron chi connectivity index (χ2n) is 4.59. The second kappa shape index (κ2) is 5.25. The van der Waals surface area contributed by atoms with Crippen LogP contribution in [0.2, 0.25) is 0 Å². The molecule has 4 nitrogen and oxygen atoms in total. The molecule has 7 heteroatoms. The summed E-state index contributed by atoms with van der Waals surface area (Å²) in [4.78, 5) is 11.3. The van der Waals surface area contributed by atoms with Crippen LogP contribution in [0.15, 0.2) is 42.5 Å². The molecule has 1 heterocycles. The molecule has 3 rings (SSSR count). The molecule has 1 N–H and O–H groups in total. The zero-order chi connectivity index (χ0) is 15.7. The van der Waals surface area contributed by atoms with Crippen LogP contribution in [0.5, 0.6) is 11.5 Å². The fourth-order valence-electron chi connectivity index (χ4n) is 2.20. The topological polar surface area (TPSA) is 47.6 Å². The van der Waals surface area contributed by atoms with Crippen LogP contribution < -0.4 is 14.8 Å². The van der Waals surface area contributed by atoms with Gasteiger partial charge in [-0.2, -0.15) is 0 Å². The number of hydrogen-bond acceptors (Lipinski definition) is 3. The summed E-state index contributed by atoms with van der Waals surface area (Å²) in [6, 6.07) is 10.6. The Labute approximate surface area is 123 Å². The van der Waals surface area contributed by atoms with E-state index in [1.165, 1.54) is 18.2 Å². The lowest BCUT2D eigenvalue weighted by molar-refractivity contribution is -0.274. The minimum atomic E-state index is -4.75. The maximum absolute atomic E-state index is 12.3. The molecule has 1 aliphatic heterocycles. The quantitative estimate of drug-likeness (QED) is 0.922. The third-order valence-corrected chi connectivity index (χ3v) is 3.02. The first kappa shape index (κ1) is 14.2. The molecule has 0 fully saturated rings. The number of para-hydroxylation sites is 1. The highest BCUT2D eigenvalue weighted by atomic mass is 19.4. The van der Waals surface area contributed by atoms with Gasteiger partial charge in [-0.05, 0) is 23.8 Å². The summed E-state index contributed by atoms with van der Waals surface area (Å²) in [5, 5.41) is 2.65. The normalized spacial score (nSPS) is 13.9. The first-order chi connectivity index (χ1) is 10.4. The van der Waals surface area contributed by atoms with Gasteiger partial charge in [0.15, 0.2) is 12.4 Å². The number of rotatable bonds is 2. The largest absolute Gasteiger partial charge is 0.573 e. The maximum atomic E-state index is 12.3. The second-order valence-corrected chi connectivity index (χ2v) is 4.59. The van der Waals surface area contributed by atoms with E-state index in [0.29, 0.717) is 22.6 Å². The molecule has 0 radical (unpaired) electrons. The Balaban J connectivity index is 2.00. The average molecular weight is 309 g/mol. The fraction of sp³-hybridized carbons (Fsp3) is 0.133. The Hall–Kier alpha value is -2.70. The van der Waals surface area contributed by atoms with E-state index >= 15 is 0 Å². The summed E-state index contributed by atoms with van der Waals surface area (Å²) in [6.45, 7) is -0.136. The molecule has 0 spiro atoms. The highest BCUT2D eigenvalue weighted by Gasteiger charge is 2.31. The third-order valence-electron chi connectivity index (χ3n) is 3.02. The molecular weight excluding hydrogens is 299 g/mol. The van der Waals surface area contributed by atoms with E-state index in [-0.39, 0.29) is 18.3 Å². The van der Waals surface area contributed by atoms with Crippen molar-refractivity contribution in [1.82, 2.24) is 0 Å². The molecule has 114 valence electrons. The average Bonchev–Trinajstić information content (AvgIpc) is 2.44. The number of carbonyl (C=O) groups is 1. The van der Waals surface area contributed by atoms with Crippen molar-refractivity contribution in [3.63, 3.8) is 0 Å². The first-order valence-corrected chi connectivity index (χ1v) is 6.34. The third kappa shape index (κ3) is 2.98. The van der Waals surface area contributed by atoms with Gasteiger partial charge in [0.25, 0.3) is 5.91 Å². The maximum Gasteiger partial charge on any atom is 0.573 e. The van der Waals surface area contributed by atoms with Crippen molar-refractivity contribution in [2.45, 2.75) is 6.36 Å². The van der Waals surface area contributed by atoms with Gasteiger partial charge in [-0.25, -0.2) is 0 Å². The summed E-state index contributed by atoms with van der Waals surface area (Å²) in [7, 11) is 0. The van der Waals surface area contributed by atoms with E-state index in [9.17, 15) is 18.0 Å². The lowest BCUT2D eigenvalue weighted by Crippen LogP contribution is -2.25. The molecule has 0 bridgehead atoms. The van der Waals surface area contributed by atoms with Crippen LogP contribution in [0, 0.1) is 0 Å².